The van der Waals surface area contributed by atoms with Gasteiger partial charge in [-0.15, -0.1) is 0 Å². The van der Waals surface area contributed by atoms with Gasteiger partial charge in [0, 0.05) is 30.2 Å². The van der Waals surface area contributed by atoms with E-state index in [1.54, 1.807) is 0 Å². The Morgan fingerprint density at radius 1 is 1.39 bits per heavy atom. The molecule has 1 saturated heterocycles. The lowest BCUT2D eigenvalue weighted by atomic mass is 10.1. The first kappa shape index (κ1) is 14.0. The smallest absolute Gasteiger partial charge is 0.142 e. The fraction of sp³-hybridized carbons (Fsp3) is 0.500. The fourth-order valence-corrected chi connectivity index (χ4v) is 2.52. The number of benzene rings is 1. The molecule has 2 rings (SSSR count). The number of aliphatic hydroxyl groups excluding tert-OH is 1. The first-order valence-corrected chi connectivity index (χ1v) is 6.46. The van der Waals surface area contributed by atoms with E-state index in [0.29, 0.717) is 30.3 Å². The SMILES string of the molecule is OCCN1CCOC(c2cc(F)c(Cl)cc2Cl)C1. The normalized spacial score (nSPS) is 21.2. The summed E-state index contributed by atoms with van der Waals surface area (Å²) in [5.74, 6) is -0.501. The first-order chi connectivity index (χ1) is 8.61. The number of aliphatic hydroxyl groups is 1. The minimum absolute atomic E-state index is 0.00627. The van der Waals surface area contributed by atoms with Crippen molar-refractivity contribution in [1.82, 2.24) is 4.90 Å². The number of nitrogens with zero attached hydrogens (tertiary/aromatic N) is 1. The van der Waals surface area contributed by atoms with Crippen LogP contribution < -0.4 is 0 Å². The Balaban J connectivity index is 2.18. The van der Waals surface area contributed by atoms with Gasteiger partial charge in [0.25, 0.3) is 0 Å². The average molecular weight is 294 g/mol. The zero-order chi connectivity index (χ0) is 13.1. The van der Waals surface area contributed by atoms with Crippen molar-refractivity contribution in [2.75, 3.05) is 32.8 Å². The molecule has 0 amide bonds. The average Bonchev–Trinajstić information content (AvgIpc) is 2.34. The van der Waals surface area contributed by atoms with Gasteiger partial charge in [-0.2, -0.15) is 0 Å². The van der Waals surface area contributed by atoms with Crippen molar-refractivity contribution in [1.29, 1.82) is 0 Å². The van der Waals surface area contributed by atoms with E-state index in [0.717, 1.165) is 6.54 Å². The molecule has 1 unspecified atom stereocenters. The van der Waals surface area contributed by atoms with Crippen molar-refractivity contribution in [3.63, 3.8) is 0 Å². The summed E-state index contributed by atoms with van der Waals surface area (Å²) >= 11 is 11.7. The van der Waals surface area contributed by atoms with Crippen molar-refractivity contribution in [3.05, 3.63) is 33.6 Å². The summed E-state index contributed by atoms with van der Waals surface area (Å²) < 4.78 is 19.1. The largest absolute Gasteiger partial charge is 0.395 e. The molecule has 0 radical (unpaired) electrons. The Kier molecular flexibility index (Phi) is 4.81. The number of morpholine rings is 1. The van der Waals surface area contributed by atoms with Crippen LogP contribution in [0.2, 0.25) is 10.0 Å². The highest BCUT2D eigenvalue weighted by Gasteiger charge is 2.24. The molecule has 1 atom stereocenters. The van der Waals surface area contributed by atoms with E-state index < -0.39 is 5.82 Å². The first-order valence-electron chi connectivity index (χ1n) is 5.71. The number of β-amino-alcohol motifs (C(OH)–C–C–N with tert-alkyl or cyclic N) is 1. The summed E-state index contributed by atoms with van der Waals surface area (Å²) in [6.07, 6.45) is -0.287. The Labute approximate surface area is 115 Å². The molecule has 6 heteroatoms. The van der Waals surface area contributed by atoms with Crippen molar-refractivity contribution < 1.29 is 14.2 Å². The molecule has 3 nitrogen and oxygen atoms in total. The summed E-state index contributed by atoms with van der Waals surface area (Å²) in [7, 11) is 0. The summed E-state index contributed by atoms with van der Waals surface area (Å²) in [5.41, 5.74) is 0.598. The number of ether oxygens (including phenoxy) is 1. The van der Waals surface area contributed by atoms with Crippen molar-refractivity contribution in [3.8, 4) is 0 Å². The highest BCUT2D eigenvalue weighted by Crippen LogP contribution is 2.32. The van der Waals surface area contributed by atoms with Crippen LogP contribution in [0.3, 0.4) is 0 Å². The van der Waals surface area contributed by atoms with Crippen LogP contribution in [0, 0.1) is 5.82 Å². The van der Waals surface area contributed by atoms with Crippen molar-refractivity contribution in [2.45, 2.75) is 6.10 Å². The summed E-state index contributed by atoms with van der Waals surface area (Å²) in [6.45, 7) is 2.54. The third-order valence-corrected chi connectivity index (χ3v) is 3.57. The predicted octanol–water partition coefficient (Wildman–Crippen LogP) is 2.50. The molecule has 0 bridgehead atoms. The van der Waals surface area contributed by atoms with Crippen LogP contribution >= 0.6 is 23.2 Å². The Hall–Kier alpha value is -0.390. The van der Waals surface area contributed by atoms with Gasteiger partial charge in [-0.05, 0) is 12.1 Å². The second kappa shape index (κ2) is 6.17. The van der Waals surface area contributed by atoms with Gasteiger partial charge < -0.3 is 9.84 Å². The minimum atomic E-state index is -0.501. The molecule has 100 valence electrons. The molecule has 18 heavy (non-hydrogen) atoms. The van der Waals surface area contributed by atoms with Crippen molar-refractivity contribution >= 4 is 23.2 Å². The maximum atomic E-state index is 13.5. The Morgan fingerprint density at radius 2 is 2.17 bits per heavy atom. The van der Waals surface area contributed by atoms with Crippen LogP contribution in [0.1, 0.15) is 11.7 Å². The topological polar surface area (TPSA) is 32.7 Å². The van der Waals surface area contributed by atoms with Crippen LogP contribution in [-0.4, -0.2) is 42.9 Å². The molecule has 1 aliphatic heterocycles. The molecule has 1 aliphatic rings. The molecule has 1 aromatic carbocycles. The van der Waals surface area contributed by atoms with Crippen LogP contribution in [0.25, 0.3) is 0 Å². The van der Waals surface area contributed by atoms with E-state index in [1.165, 1.54) is 12.1 Å². The molecule has 1 N–H and O–H groups in total. The molecular formula is C12H14Cl2FNO2. The van der Waals surface area contributed by atoms with Gasteiger partial charge in [0.15, 0.2) is 0 Å². The van der Waals surface area contributed by atoms with Gasteiger partial charge in [0.1, 0.15) is 5.82 Å². The maximum Gasteiger partial charge on any atom is 0.142 e. The van der Waals surface area contributed by atoms with E-state index in [1.807, 2.05) is 0 Å². The van der Waals surface area contributed by atoms with E-state index in [2.05, 4.69) is 4.90 Å². The lowest BCUT2D eigenvalue weighted by Gasteiger charge is -2.33. The van der Waals surface area contributed by atoms with Gasteiger partial charge in [0.2, 0.25) is 0 Å². The minimum Gasteiger partial charge on any atom is -0.395 e. The van der Waals surface area contributed by atoms with E-state index in [4.69, 9.17) is 33.0 Å². The van der Waals surface area contributed by atoms with Crippen LogP contribution in [0.15, 0.2) is 12.1 Å². The lowest BCUT2D eigenvalue weighted by Crippen LogP contribution is -2.39. The van der Waals surface area contributed by atoms with Crippen LogP contribution in [0.4, 0.5) is 4.39 Å². The monoisotopic (exact) mass is 293 g/mol. The molecule has 0 saturated carbocycles. The standard InChI is InChI=1S/C12H14Cl2FNO2/c13-9-6-10(14)11(15)5-8(9)12-7-16(1-3-17)2-4-18-12/h5-6,12,17H,1-4,7H2. The molecule has 0 aliphatic carbocycles. The molecule has 1 fully saturated rings. The quantitative estimate of drug-likeness (QED) is 0.869. The van der Waals surface area contributed by atoms with Gasteiger partial charge >= 0.3 is 0 Å². The van der Waals surface area contributed by atoms with Gasteiger partial charge in [0.05, 0.1) is 24.3 Å². The highest BCUT2D eigenvalue weighted by molar-refractivity contribution is 6.35. The lowest BCUT2D eigenvalue weighted by molar-refractivity contribution is -0.0338. The number of hydrogen-bond acceptors (Lipinski definition) is 3. The maximum absolute atomic E-state index is 13.5. The van der Waals surface area contributed by atoms with Gasteiger partial charge in [-0.1, -0.05) is 23.2 Å². The second-order valence-corrected chi connectivity index (χ2v) is 4.99. The third kappa shape index (κ3) is 3.13. The second-order valence-electron chi connectivity index (χ2n) is 4.17. The number of hydrogen-bond donors (Lipinski definition) is 1. The molecular weight excluding hydrogens is 280 g/mol. The molecule has 0 spiro atoms. The van der Waals surface area contributed by atoms with Gasteiger partial charge in [-0.25, -0.2) is 4.39 Å². The van der Waals surface area contributed by atoms with Crippen LogP contribution in [-0.2, 0) is 4.74 Å². The Bertz CT molecular complexity index is 429. The molecule has 1 heterocycles. The van der Waals surface area contributed by atoms with Gasteiger partial charge in [-0.3, -0.25) is 4.90 Å². The molecule has 0 aromatic heterocycles. The summed E-state index contributed by atoms with van der Waals surface area (Å²) in [6, 6.07) is 2.71. The predicted molar refractivity (Wildman–Crippen MR) is 68.6 cm³/mol. The number of halogens is 3. The van der Waals surface area contributed by atoms with E-state index >= 15 is 0 Å². The highest BCUT2D eigenvalue weighted by atomic mass is 35.5. The zero-order valence-electron chi connectivity index (χ0n) is 9.70. The zero-order valence-corrected chi connectivity index (χ0v) is 11.2. The summed E-state index contributed by atoms with van der Waals surface area (Å²) in [4.78, 5) is 2.05. The van der Waals surface area contributed by atoms with E-state index in [9.17, 15) is 4.39 Å². The Morgan fingerprint density at radius 3 is 2.89 bits per heavy atom. The van der Waals surface area contributed by atoms with Crippen molar-refractivity contribution in [2.24, 2.45) is 0 Å². The summed E-state index contributed by atoms with van der Waals surface area (Å²) in [5, 5.41) is 9.33. The molecule has 1 aromatic rings. The van der Waals surface area contributed by atoms with E-state index in [-0.39, 0.29) is 17.7 Å². The third-order valence-electron chi connectivity index (χ3n) is 2.95. The number of rotatable bonds is 3. The van der Waals surface area contributed by atoms with Crippen LogP contribution in [0.5, 0.6) is 0 Å². The fourth-order valence-electron chi connectivity index (χ4n) is 2.02.